The van der Waals surface area contributed by atoms with Crippen molar-refractivity contribution >= 4 is 27.3 Å². The van der Waals surface area contributed by atoms with Crippen LogP contribution in [0.4, 0.5) is 0 Å². The van der Waals surface area contributed by atoms with E-state index in [2.05, 4.69) is 46.4 Å². The molecule has 15 heavy (non-hydrogen) atoms. The van der Waals surface area contributed by atoms with Gasteiger partial charge in [0.2, 0.25) is 0 Å². The van der Waals surface area contributed by atoms with Gasteiger partial charge < -0.3 is 5.73 Å². The van der Waals surface area contributed by atoms with E-state index < -0.39 is 0 Å². The molecule has 78 valence electrons. The molecule has 0 aliphatic heterocycles. The lowest BCUT2D eigenvalue weighted by Crippen LogP contribution is -1.96. The lowest BCUT2D eigenvalue weighted by Gasteiger charge is -2.04. The predicted octanol–water partition coefficient (Wildman–Crippen LogP) is 3.94. The largest absolute Gasteiger partial charge is 0.326 e. The zero-order valence-electron chi connectivity index (χ0n) is 8.46. The Bertz CT molecular complexity index is 476. The summed E-state index contributed by atoms with van der Waals surface area (Å²) in [5.74, 6) is 0. The number of hydrogen-bond donors (Lipinski definition) is 1. The number of benzene rings is 1. The molecule has 1 heterocycles. The quantitative estimate of drug-likeness (QED) is 0.887. The van der Waals surface area contributed by atoms with E-state index >= 15 is 0 Å². The van der Waals surface area contributed by atoms with Crippen LogP contribution in [0.3, 0.4) is 0 Å². The number of halogens is 1. The third-order valence-electron chi connectivity index (χ3n) is 2.38. The number of nitrogens with two attached hydrogens (primary N) is 1. The molecule has 0 fully saturated rings. The Morgan fingerprint density at radius 1 is 1.40 bits per heavy atom. The molecule has 2 aromatic rings. The van der Waals surface area contributed by atoms with Crippen molar-refractivity contribution in [3.63, 3.8) is 0 Å². The first-order valence-corrected chi connectivity index (χ1v) is 6.42. The van der Waals surface area contributed by atoms with E-state index in [1.54, 1.807) is 11.3 Å². The highest BCUT2D eigenvalue weighted by atomic mass is 79.9. The van der Waals surface area contributed by atoms with Gasteiger partial charge in [0, 0.05) is 15.9 Å². The maximum absolute atomic E-state index is 5.73. The molecule has 2 N–H and O–H groups in total. The van der Waals surface area contributed by atoms with Gasteiger partial charge in [-0.1, -0.05) is 28.1 Å². The number of thiophene rings is 1. The molecule has 1 nitrogen and oxygen atoms in total. The number of aryl methyl sites for hydroxylation is 1. The molecule has 0 spiro atoms. The van der Waals surface area contributed by atoms with Crippen molar-refractivity contribution in [1.82, 2.24) is 0 Å². The van der Waals surface area contributed by atoms with E-state index in [1.165, 1.54) is 21.6 Å². The second-order valence-corrected chi connectivity index (χ2v) is 5.41. The zero-order chi connectivity index (χ0) is 10.8. The van der Waals surface area contributed by atoms with Crippen LogP contribution in [-0.4, -0.2) is 0 Å². The van der Waals surface area contributed by atoms with Gasteiger partial charge in [0.05, 0.1) is 0 Å². The van der Waals surface area contributed by atoms with Crippen LogP contribution >= 0.6 is 27.3 Å². The average Bonchev–Trinajstić information content (AvgIpc) is 2.59. The summed E-state index contributed by atoms with van der Waals surface area (Å²) in [4.78, 5) is 1.33. The first-order chi connectivity index (χ1) is 7.22. The molecule has 0 bridgehead atoms. The molecule has 0 saturated heterocycles. The molecule has 0 atom stereocenters. The minimum atomic E-state index is 0.603. The Kier molecular flexibility index (Phi) is 3.24. The molecule has 0 radical (unpaired) electrons. The van der Waals surface area contributed by atoms with Gasteiger partial charge in [0.15, 0.2) is 0 Å². The fourth-order valence-corrected chi connectivity index (χ4v) is 2.99. The van der Waals surface area contributed by atoms with E-state index in [1.807, 2.05) is 6.07 Å². The van der Waals surface area contributed by atoms with Crippen LogP contribution in [0.2, 0.25) is 0 Å². The standard InChI is InChI=1S/C12H12BrNS/c1-8-12(10(6-14)7-15-8)9-3-2-4-11(13)5-9/h2-5,7H,6,14H2,1H3. The van der Waals surface area contributed by atoms with Gasteiger partial charge in [-0.05, 0) is 41.1 Å². The average molecular weight is 282 g/mol. The highest BCUT2D eigenvalue weighted by molar-refractivity contribution is 9.10. The van der Waals surface area contributed by atoms with E-state index in [0.29, 0.717) is 6.54 Å². The van der Waals surface area contributed by atoms with Crippen LogP contribution in [0.5, 0.6) is 0 Å². The van der Waals surface area contributed by atoms with Crippen LogP contribution in [0.15, 0.2) is 34.1 Å². The Morgan fingerprint density at radius 3 is 2.87 bits per heavy atom. The molecule has 1 aromatic heterocycles. The number of rotatable bonds is 2. The fourth-order valence-electron chi connectivity index (χ4n) is 1.69. The van der Waals surface area contributed by atoms with Crippen molar-refractivity contribution in [3.05, 3.63) is 44.6 Å². The zero-order valence-corrected chi connectivity index (χ0v) is 10.9. The fraction of sp³-hybridized carbons (Fsp3) is 0.167. The highest BCUT2D eigenvalue weighted by Crippen LogP contribution is 2.33. The van der Waals surface area contributed by atoms with Gasteiger partial charge in [-0.2, -0.15) is 0 Å². The third-order valence-corrected chi connectivity index (χ3v) is 3.84. The van der Waals surface area contributed by atoms with Crippen molar-refractivity contribution in [2.45, 2.75) is 13.5 Å². The van der Waals surface area contributed by atoms with E-state index in [9.17, 15) is 0 Å². The lowest BCUT2D eigenvalue weighted by atomic mass is 10.0. The van der Waals surface area contributed by atoms with Gasteiger partial charge in [-0.25, -0.2) is 0 Å². The summed E-state index contributed by atoms with van der Waals surface area (Å²) in [5.41, 5.74) is 9.50. The van der Waals surface area contributed by atoms with E-state index in [4.69, 9.17) is 5.73 Å². The van der Waals surface area contributed by atoms with Crippen LogP contribution in [0.1, 0.15) is 10.4 Å². The molecule has 0 aliphatic carbocycles. The maximum atomic E-state index is 5.73. The molecular weight excluding hydrogens is 270 g/mol. The minimum absolute atomic E-state index is 0.603. The monoisotopic (exact) mass is 281 g/mol. The van der Waals surface area contributed by atoms with Crippen molar-refractivity contribution in [2.24, 2.45) is 5.73 Å². The normalized spacial score (nSPS) is 10.6. The first-order valence-electron chi connectivity index (χ1n) is 4.75. The van der Waals surface area contributed by atoms with Crippen molar-refractivity contribution in [3.8, 4) is 11.1 Å². The second kappa shape index (κ2) is 4.47. The van der Waals surface area contributed by atoms with Gasteiger partial charge >= 0.3 is 0 Å². The minimum Gasteiger partial charge on any atom is -0.326 e. The van der Waals surface area contributed by atoms with Crippen LogP contribution in [-0.2, 0) is 6.54 Å². The summed E-state index contributed by atoms with van der Waals surface area (Å²) in [6.07, 6.45) is 0. The molecule has 0 amide bonds. The van der Waals surface area contributed by atoms with Crippen molar-refractivity contribution in [1.29, 1.82) is 0 Å². The molecule has 3 heteroatoms. The Morgan fingerprint density at radius 2 is 2.20 bits per heavy atom. The maximum Gasteiger partial charge on any atom is 0.0192 e. The van der Waals surface area contributed by atoms with Crippen LogP contribution in [0.25, 0.3) is 11.1 Å². The Balaban J connectivity index is 2.57. The smallest absolute Gasteiger partial charge is 0.0192 e. The summed E-state index contributed by atoms with van der Waals surface area (Å²) in [5, 5.41) is 2.14. The summed E-state index contributed by atoms with van der Waals surface area (Å²) in [6.45, 7) is 2.74. The molecule has 0 saturated carbocycles. The first kappa shape index (κ1) is 10.9. The third kappa shape index (κ3) is 2.14. The number of hydrogen-bond acceptors (Lipinski definition) is 2. The van der Waals surface area contributed by atoms with Gasteiger partial charge in [-0.3, -0.25) is 0 Å². The molecule has 1 aromatic carbocycles. The molecule has 0 aliphatic rings. The Hall–Kier alpha value is -0.640. The van der Waals surface area contributed by atoms with Crippen molar-refractivity contribution in [2.75, 3.05) is 0 Å². The molecular formula is C12H12BrNS. The van der Waals surface area contributed by atoms with Gasteiger partial charge in [-0.15, -0.1) is 11.3 Å². The SMILES string of the molecule is Cc1scc(CN)c1-c1cccc(Br)c1. The van der Waals surface area contributed by atoms with Gasteiger partial charge in [0.25, 0.3) is 0 Å². The van der Waals surface area contributed by atoms with Crippen LogP contribution in [0, 0.1) is 6.92 Å². The summed E-state index contributed by atoms with van der Waals surface area (Å²) in [7, 11) is 0. The lowest BCUT2D eigenvalue weighted by molar-refractivity contribution is 1.08. The van der Waals surface area contributed by atoms with E-state index in [0.717, 1.165) is 4.47 Å². The van der Waals surface area contributed by atoms with Crippen molar-refractivity contribution < 1.29 is 0 Å². The highest BCUT2D eigenvalue weighted by Gasteiger charge is 2.09. The van der Waals surface area contributed by atoms with Crippen LogP contribution < -0.4 is 5.73 Å². The summed E-state index contributed by atoms with van der Waals surface area (Å²) < 4.78 is 1.11. The predicted molar refractivity (Wildman–Crippen MR) is 70.1 cm³/mol. The summed E-state index contributed by atoms with van der Waals surface area (Å²) in [6, 6.07) is 8.34. The molecule has 2 rings (SSSR count). The molecule has 0 unspecified atom stereocenters. The van der Waals surface area contributed by atoms with Gasteiger partial charge in [0.1, 0.15) is 0 Å². The topological polar surface area (TPSA) is 26.0 Å². The second-order valence-electron chi connectivity index (χ2n) is 3.41. The Labute approximate surface area is 102 Å². The van der Waals surface area contributed by atoms with E-state index in [-0.39, 0.29) is 0 Å². The summed E-state index contributed by atoms with van der Waals surface area (Å²) >= 11 is 5.25.